The van der Waals surface area contributed by atoms with Crippen molar-refractivity contribution >= 4 is 28.9 Å². The molecule has 5 nitrogen and oxygen atoms in total. The number of carbonyl (C=O) groups excluding carboxylic acids is 2. The molecule has 0 unspecified atom stereocenters. The van der Waals surface area contributed by atoms with E-state index in [4.69, 9.17) is 0 Å². The first kappa shape index (κ1) is 18.3. The number of rotatable bonds is 6. The Balaban J connectivity index is 1.57. The number of amides is 1. The molecule has 0 fully saturated rings. The van der Waals surface area contributed by atoms with E-state index < -0.39 is 0 Å². The van der Waals surface area contributed by atoms with Crippen molar-refractivity contribution in [3.63, 3.8) is 0 Å². The number of nitrogens with one attached hydrogen (secondary N) is 2. The van der Waals surface area contributed by atoms with E-state index in [0.29, 0.717) is 17.8 Å². The lowest BCUT2D eigenvalue weighted by Gasteiger charge is -2.08. The minimum atomic E-state index is -0.105. The van der Waals surface area contributed by atoms with Gasteiger partial charge in [-0.2, -0.15) is 0 Å². The van der Waals surface area contributed by atoms with E-state index in [1.165, 1.54) is 12.5 Å². The standard InChI is InChI=1S/C22H21N3O2/c1-15-3-5-17(6-4-15)13-22(27)25-21-12-11-20(14-23-21)24-19-9-7-18(8-10-19)16(2)26/h3-12,14,24H,13H2,1-2H3,(H,23,25,27). The molecule has 0 saturated carbocycles. The Labute approximate surface area is 158 Å². The minimum Gasteiger partial charge on any atom is -0.354 e. The van der Waals surface area contributed by atoms with Crippen molar-refractivity contribution < 1.29 is 9.59 Å². The largest absolute Gasteiger partial charge is 0.354 e. The molecule has 5 heteroatoms. The highest BCUT2D eigenvalue weighted by Crippen LogP contribution is 2.18. The lowest BCUT2D eigenvalue weighted by atomic mass is 10.1. The summed E-state index contributed by atoms with van der Waals surface area (Å²) in [6.07, 6.45) is 1.96. The Bertz CT molecular complexity index is 931. The molecule has 0 spiro atoms. The Morgan fingerprint density at radius 2 is 1.56 bits per heavy atom. The molecule has 0 atom stereocenters. The van der Waals surface area contributed by atoms with E-state index in [9.17, 15) is 9.59 Å². The second kappa shape index (κ2) is 8.27. The maximum Gasteiger partial charge on any atom is 0.229 e. The molecule has 1 amide bonds. The van der Waals surface area contributed by atoms with E-state index in [1.807, 2.05) is 49.4 Å². The molecule has 0 radical (unpaired) electrons. The van der Waals surface area contributed by atoms with Crippen molar-refractivity contribution in [2.45, 2.75) is 20.3 Å². The van der Waals surface area contributed by atoms with Crippen LogP contribution in [0, 0.1) is 6.92 Å². The van der Waals surface area contributed by atoms with E-state index in [1.54, 1.807) is 24.4 Å². The number of ketones is 1. The van der Waals surface area contributed by atoms with Gasteiger partial charge in [-0.15, -0.1) is 0 Å². The van der Waals surface area contributed by atoms with Gasteiger partial charge < -0.3 is 10.6 Å². The van der Waals surface area contributed by atoms with Crippen LogP contribution in [0.3, 0.4) is 0 Å². The summed E-state index contributed by atoms with van der Waals surface area (Å²) in [6.45, 7) is 3.55. The average molecular weight is 359 g/mol. The van der Waals surface area contributed by atoms with Crippen molar-refractivity contribution in [1.82, 2.24) is 4.98 Å². The third-order valence-corrected chi connectivity index (χ3v) is 4.10. The highest BCUT2D eigenvalue weighted by molar-refractivity contribution is 5.94. The Morgan fingerprint density at radius 1 is 0.889 bits per heavy atom. The first-order chi connectivity index (χ1) is 13.0. The van der Waals surface area contributed by atoms with Gasteiger partial charge >= 0.3 is 0 Å². The fourth-order valence-corrected chi connectivity index (χ4v) is 2.58. The summed E-state index contributed by atoms with van der Waals surface area (Å²) in [7, 11) is 0. The zero-order chi connectivity index (χ0) is 19.2. The van der Waals surface area contributed by atoms with Gasteiger partial charge in [-0.25, -0.2) is 4.98 Å². The first-order valence-electron chi connectivity index (χ1n) is 8.69. The molecule has 0 aliphatic heterocycles. The monoisotopic (exact) mass is 359 g/mol. The van der Waals surface area contributed by atoms with Crippen molar-refractivity contribution in [2.75, 3.05) is 10.6 Å². The number of aryl methyl sites for hydroxylation is 1. The van der Waals surface area contributed by atoms with E-state index in [-0.39, 0.29) is 11.7 Å². The highest BCUT2D eigenvalue weighted by Gasteiger charge is 2.05. The highest BCUT2D eigenvalue weighted by atomic mass is 16.1. The van der Waals surface area contributed by atoms with E-state index in [2.05, 4.69) is 15.6 Å². The van der Waals surface area contributed by atoms with Crippen LogP contribution < -0.4 is 10.6 Å². The topological polar surface area (TPSA) is 71.1 Å². The van der Waals surface area contributed by atoms with Crippen LogP contribution in [0.4, 0.5) is 17.2 Å². The van der Waals surface area contributed by atoms with E-state index in [0.717, 1.165) is 16.9 Å². The second-order valence-corrected chi connectivity index (χ2v) is 6.40. The molecule has 1 heterocycles. The van der Waals surface area contributed by atoms with Gasteiger partial charge in [-0.05, 0) is 55.8 Å². The summed E-state index contributed by atoms with van der Waals surface area (Å²) in [6, 6.07) is 18.7. The molecule has 0 saturated heterocycles. The van der Waals surface area contributed by atoms with Crippen LogP contribution in [0.15, 0.2) is 66.9 Å². The minimum absolute atomic E-state index is 0.0361. The number of Topliss-reactive ketones (excluding diaryl/α,β-unsaturated/α-hetero) is 1. The zero-order valence-electron chi connectivity index (χ0n) is 15.3. The number of carbonyl (C=O) groups is 2. The number of nitrogens with zero attached hydrogens (tertiary/aromatic N) is 1. The molecule has 2 N–H and O–H groups in total. The fourth-order valence-electron chi connectivity index (χ4n) is 2.58. The average Bonchev–Trinajstić information content (AvgIpc) is 2.66. The molecule has 0 bridgehead atoms. The zero-order valence-corrected chi connectivity index (χ0v) is 15.3. The van der Waals surface area contributed by atoms with Gasteiger partial charge in [0.1, 0.15) is 5.82 Å². The van der Waals surface area contributed by atoms with Crippen LogP contribution in [-0.2, 0) is 11.2 Å². The molecular weight excluding hydrogens is 338 g/mol. The van der Waals surface area contributed by atoms with Crippen molar-refractivity contribution in [3.8, 4) is 0 Å². The predicted molar refractivity (Wildman–Crippen MR) is 107 cm³/mol. The summed E-state index contributed by atoms with van der Waals surface area (Å²) >= 11 is 0. The van der Waals surface area contributed by atoms with Gasteiger partial charge in [-0.3, -0.25) is 9.59 Å². The van der Waals surface area contributed by atoms with E-state index >= 15 is 0 Å². The lowest BCUT2D eigenvalue weighted by molar-refractivity contribution is -0.115. The van der Waals surface area contributed by atoms with Crippen molar-refractivity contribution in [2.24, 2.45) is 0 Å². The first-order valence-corrected chi connectivity index (χ1v) is 8.69. The number of benzene rings is 2. The Hall–Kier alpha value is -3.47. The van der Waals surface area contributed by atoms with Crippen LogP contribution in [0.25, 0.3) is 0 Å². The summed E-state index contributed by atoms with van der Waals surface area (Å²) in [5.74, 6) is 0.436. The van der Waals surface area contributed by atoms with Gasteiger partial charge in [0.05, 0.1) is 18.3 Å². The number of hydrogen-bond acceptors (Lipinski definition) is 4. The van der Waals surface area contributed by atoms with Gasteiger partial charge in [0.15, 0.2) is 5.78 Å². The molecular formula is C22H21N3O2. The summed E-state index contributed by atoms with van der Waals surface area (Å²) in [5, 5.41) is 6.01. The third-order valence-electron chi connectivity index (χ3n) is 4.10. The van der Waals surface area contributed by atoms with Crippen molar-refractivity contribution in [1.29, 1.82) is 0 Å². The van der Waals surface area contributed by atoms with Gasteiger partial charge in [0, 0.05) is 11.3 Å². The van der Waals surface area contributed by atoms with Crippen LogP contribution in [0.5, 0.6) is 0 Å². The smallest absolute Gasteiger partial charge is 0.229 e. The molecule has 1 aromatic heterocycles. The van der Waals surface area contributed by atoms with Gasteiger partial charge in [0.2, 0.25) is 5.91 Å². The summed E-state index contributed by atoms with van der Waals surface area (Å²) < 4.78 is 0. The SMILES string of the molecule is CC(=O)c1ccc(Nc2ccc(NC(=O)Cc3ccc(C)cc3)nc2)cc1. The summed E-state index contributed by atoms with van der Waals surface area (Å²) in [5.41, 5.74) is 4.45. The molecule has 3 rings (SSSR count). The molecule has 0 aliphatic carbocycles. The molecule has 0 aliphatic rings. The number of hydrogen-bond donors (Lipinski definition) is 2. The number of aromatic nitrogens is 1. The quantitative estimate of drug-likeness (QED) is 0.635. The molecule has 136 valence electrons. The van der Waals surface area contributed by atoms with Crippen LogP contribution in [-0.4, -0.2) is 16.7 Å². The molecule has 27 heavy (non-hydrogen) atoms. The van der Waals surface area contributed by atoms with Crippen molar-refractivity contribution in [3.05, 3.63) is 83.6 Å². The normalized spacial score (nSPS) is 10.3. The fraction of sp³-hybridized carbons (Fsp3) is 0.136. The predicted octanol–water partition coefficient (Wildman–Crippen LogP) is 4.52. The second-order valence-electron chi connectivity index (χ2n) is 6.40. The van der Waals surface area contributed by atoms with Gasteiger partial charge in [-0.1, -0.05) is 29.8 Å². The summed E-state index contributed by atoms with van der Waals surface area (Å²) in [4.78, 5) is 27.7. The van der Waals surface area contributed by atoms with Crippen LogP contribution in [0.1, 0.15) is 28.4 Å². The van der Waals surface area contributed by atoms with Crippen LogP contribution >= 0.6 is 0 Å². The maximum atomic E-state index is 12.1. The molecule has 2 aromatic carbocycles. The lowest BCUT2D eigenvalue weighted by Crippen LogP contribution is -2.15. The Kier molecular flexibility index (Phi) is 5.61. The molecule has 3 aromatic rings. The van der Waals surface area contributed by atoms with Crippen LogP contribution in [0.2, 0.25) is 0 Å². The maximum absolute atomic E-state index is 12.1. The van der Waals surface area contributed by atoms with Gasteiger partial charge in [0.25, 0.3) is 0 Å². The number of anilines is 3. The third kappa shape index (κ3) is 5.25. The number of pyridine rings is 1. The Morgan fingerprint density at radius 3 is 2.15 bits per heavy atom.